The molecule has 30 heavy (non-hydrogen) atoms. The van der Waals surface area contributed by atoms with Crippen molar-refractivity contribution in [2.75, 3.05) is 19.0 Å². The third-order valence-electron chi connectivity index (χ3n) is 3.82. The quantitative estimate of drug-likeness (QED) is 0.570. The van der Waals surface area contributed by atoms with Crippen LogP contribution < -0.4 is 10.1 Å². The number of alkyl halides is 6. The highest BCUT2D eigenvalue weighted by atomic mass is 19.4. The first-order chi connectivity index (χ1) is 14.0. The molecule has 0 radical (unpaired) electrons. The van der Waals surface area contributed by atoms with E-state index in [2.05, 4.69) is 20.1 Å². The van der Waals surface area contributed by atoms with Crippen LogP contribution in [0.3, 0.4) is 0 Å². The molecular weight excluding hydrogens is 421 g/mol. The molecule has 0 saturated carbocycles. The molecular formula is C18H13F7N4O. The van der Waals surface area contributed by atoms with Crippen LogP contribution in [0.15, 0.2) is 42.6 Å². The van der Waals surface area contributed by atoms with Gasteiger partial charge in [-0.15, -0.1) is 5.10 Å². The fourth-order valence-corrected chi connectivity index (χ4v) is 2.54. The van der Waals surface area contributed by atoms with Crippen molar-refractivity contribution in [3.05, 3.63) is 54.1 Å². The van der Waals surface area contributed by atoms with Crippen molar-refractivity contribution in [2.24, 2.45) is 0 Å². The monoisotopic (exact) mass is 434 g/mol. The van der Waals surface area contributed by atoms with Crippen LogP contribution in [0.1, 0.15) is 5.69 Å². The number of hydrogen-bond donors (Lipinski definition) is 1. The highest BCUT2D eigenvalue weighted by molar-refractivity contribution is 5.67. The summed E-state index contributed by atoms with van der Waals surface area (Å²) in [5.41, 5.74) is -0.692. The van der Waals surface area contributed by atoms with Crippen LogP contribution in [0.2, 0.25) is 0 Å². The lowest BCUT2D eigenvalue weighted by Gasteiger charge is -2.12. The number of halogens is 7. The molecule has 0 atom stereocenters. The third kappa shape index (κ3) is 4.99. The molecule has 0 saturated heterocycles. The van der Waals surface area contributed by atoms with Crippen LogP contribution in [0.5, 0.6) is 5.75 Å². The fourth-order valence-electron chi connectivity index (χ4n) is 2.54. The second-order valence-corrected chi connectivity index (χ2v) is 6.06. The Labute approximate surface area is 165 Å². The van der Waals surface area contributed by atoms with Gasteiger partial charge in [0.05, 0.1) is 17.6 Å². The third-order valence-corrected chi connectivity index (χ3v) is 3.82. The summed E-state index contributed by atoms with van der Waals surface area (Å²) in [6.07, 6.45) is -8.31. The topological polar surface area (TPSA) is 52.0 Å². The average Bonchev–Trinajstić information content (AvgIpc) is 3.09. The Bertz CT molecular complexity index is 1030. The van der Waals surface area contributed by atoms with Gasteiger partial charge in [0.25, 0.3) is 0 Å². The van der Waals surface area contributed by atoms with Crippen molar-refractivity contribution in [1.82, 2.24) is 14.8 Å². The molecule has 2 aromatic heterocycles. The molecule has 5 nitrogen and oxygen atoms in total. The molecule has 0 fully saturated rings. The summed E-state index contributed by atoms with van der Waals surface area (Å²) in [6.45, 7) is -1.61. The molecule has 1 N–H and O–H groups in total. The van der Waals surface area contributed by atoms with Gasteiger partial charge in [-0.2, -0.15) is 26.3 Å². The van der Waals surface area contributed by atoms with Crippen molar-refractivity contribution in [3.8, 4) is 22.7 Å². The number of ether oxygens (including phenoxy) is 1. The lowest BCUT2D eigenvalue weighted by Crippen LogP contribution is -2.19. The van der Waals surface area contributed by atoms with E-state index in [9.17, 15) is 30.7 Å². The lowest BCUT2D eigenvalue weighted by molar-refractivity contribution is -0.153. The van der Waals surface area contributed by atoms with Gasteiger partial charge in [-0.05, 0) is 24.3 Å². The Morgan fingerprint density at radius 1 is 1.03 bits per heavy atom. The maximum atomic E-state index is 14.0. The van der Waals surface area contributed by atoms with Gasteiger partial charge in [0, 0.05) is 24.7 Å². The van der Waals surface area contributed by atoms with E-state index in [4.69, 9.17) is 0 Å². The molecule has 0 spiro atoms. The van der Waals surface area contributed by atoms with Gasteiger partial charge in [-0.1, -0.05) is 0 Å². The van der Waals surface area contributed by atoms with E-state index in [1.165, 1.54) is 23.9 Å². The van der Waals surface area contributed by atoms with Crippen molar-refractivity contribution in [3.63, 3.8) is 0 Å². The summed E-state index contributed by atoms with van der Waals surface area (Å²) in [7, 11) is 1.53. The highest BCUT2D eigenvalue weighted by Crippen LogP contribution is 2.32. The summed E-state index contributed by atoms with van der Waals surface area (Å²) < 4.78 is 95.2. The predicted molar refractivity (Wildman–Crippen MR) is 92.9 cm³/mol. The number of rotatable bonds is 5. The minimum atomic E-state index is -4.63. The maximum Gasteiger partial charge on any atom is 0.433 e. The molecule has 0 amide bonds. The van der Waals surface area contributed by atoms with E-state index in [0.717, 1.165) is 30.5 Å². The first kappa shape index (κ1) is 21.4. The van der Waals surface area contributed by atoms with Crippen LogP contribution in [-0.2, 0) is 6.18 Å². The maximum absolute atomic E-state index is 14.0. The minimum absolute atomic E-state index is 0.0982. The van der Waals surface area contributed by atoms with Crippen LogP contribution in [0.25, 0.3) is 16.9 Å². The van der Waals surface area contributed by atoms with Crippen LogP contribution >= 0.6 is 0 Å². The molecule has 0 bridgehead atoms. The van der Waals surface area contributed by atoms with Gasteiger partial charge >= 0.3 is 12.4 Å². The number of hydrogen-bond acceptors (Lipinski definition) is 4. The van der Waals surface area contributed by atoms with Gasteiger partial charge in [0.15, 0.2) is 6.61 Å². The first-order valence-corrected chi connectivity index (χ1v) is 8.28. The van der Waals surface area contributed by atoms with Gasteiger partial charge in [-0.3, -0.25) is 0 Å². The molecule has 3 aromatic rings. The minimum Gasteiger partial charge on any atom is -0.484 e. The predicted octanol–water partition coefficient (Wildman–Crippen LogP) is 5.08. The second kappa shape index (κ2) is 7.84. The number of pyridine rings is 1. The second-order valence-electron chi connectivity index (χ2n) is 6.06. The summed E-state index contributed by atoms with van der Waals surface area (Å²) in [4.78, 5) is 3.36. The average molecular weight is 434 g/mol. The Hall–Kier alpha value is -3.31. The Morgan fingerprint density at radius 3 is 2.33 bits per heavy atom. The van der Waals surface area contributed by atoms with Crippen LogP contribution in [0, 0.1) is 5.82 Å². The Kier molecular flexibility index (Phi) is 5.59. The normalized spacial score (nSPS) is 12.1. The SMILES string of the molecule is CNc1cc(-c2cc(F)cc(OCC(F)(F)F)c2)n(-c2ccc(C(F)(F)F)nc2)n1. The molecule has 0 aliphatic carbocycles. The van der Waals surface area contributed by atoms with Crippen LogP contribution in [0.4, 0.5) is 36.6 Å². The molecule has 2 heterocycles. The Morgan fingerprint density at radius 2 is 1.77 bits per heavy atom. The first-order valence-electron chi connectivity index (χ1n) is 8.28. The van der Waals surface area contributed by atoms with Crippen molar-refractivity contribution >= 4 is 5.82 Å². The summed E-state index contributed by atoms with van der Waals surface area (Å²) in [5, 5.41) is 6.88. The number of nitrogens with one attached hydrogen (secondary N) is 1. The molecule has 1 aromatic carbocycles. The number of aromatic nitrogens is 3. The lowest BCUT2D eigenvalue weighted by atomic mass is 10.1. The molecule has 0 unspecified atom stereocenters. The van der Waals surface area contributed by atoms with E-state index in [1.807, 2.05) is 0 Å². The number of benzene rings is 1. The van der Waals surface area contributed by atoms with Gasteiger partial charge in [-0.25, -0.2) is 14.1 Å². The number of anilines is 1. The molecule has 0 aliphatic heterocycles. The van der Waals surface area contributed by atoms with Crippen molar-refractivity contribution < 1.29 is 35.5 Å². The van der Waals surface area contributed by atoms with Crippen molar-refractivity contribution in [2.45, 2.75) is 12.4 Å². The smallest absolute Gasteiger partial charge is 0.433 e. The highest BCUT2D eigenvalue weighted by Gasteiger charge is 2.32. The largest absolute Gasteiger partial charge is 0.484 e. The van der Waals surface area contributed by atoms with E-state index < -0.39 is 30.5 Å². The van der Waals surface area contributed by atoms with Gasteiger partial charge < -0.3 is 10.1 Å². The van der Waals surface area contributed by atoms with Gasteiger partial charge in [0.2, 0.25) is 0 Å². The summed E-state index contributed by atoms with van der Waals surface area (Å²) >= 11 is 0. The molecule has 12 heteroatoms. The van der Waals surface area contributed by atoms with Crippen LogP contribution in [-0.4, -0.2) is 34.6 Å². The summed E-state index contributed by atoms with van der Waals surface area (Å²) in [5.74, 6) is -0.951. The van der Waals surface area contributed by atoms with E-state index in [1.54, 1.807) is 0 Å². The zero-order valence-corrected chi connectivity index (χ0v) is 15.1. The van der Waals surface area contributed by atoms with E-state index in [-0.39, 0.29) is 28.5 Å². The van der Waals surface area contributed by atoms with Gasteiger partial charge in [0.1, 0.15) is 23.1 Å². The Balaban J connectivity index is 2.03. The zero-order valence-electron chi connectivity index (χ0n) is 15.1. The van der Waals surface area contributed by atoms with E-state index in [0.29, 0.717) is 0 Å². The number of nitrogens with zero attached hydrogens (tertiary/aromatic N) is 3. The standard InChI is InChI=1S/C18H13F7N4O/c1-26-16-7-14(10-4-11(19)6-13(5-10)30-9-17(20,21)22)29(28-16)12-2-3-15(27-8-12)18(23,24)25/h2-8H,9H2,1H3,(H,26,28). The molecule has 0 aliphatic rings. The van der Waals surface area contributed by atoms with Crippen molar-refractivity contribution in [1.29, 1.82) is 0 Å². The molecule has 160 valence electrons. The zero-order chi connectivity index (χ0) is 22.1. The van der Waals surface area contributed by atoms with E-state index >= 15 is 0 Å². The fraction of sp³-hybridized carbons (Fsp3) is 0.222. The summed E-state index contributed by atoms with van der Waals surface area (Å²) in [6, 6.07) is 6.30. The molecule has 3 rings (SSSR count).